The Morgan fingerprint density at radius 3 is 2.32 bits per heavy atom. The maximum atomic E-state index is 12.0. The Kier molecular flexibility index (Phi) is 5.26. The predicted octanol–water partition coefficient (Wildman–Crippen LogP) is 3.63. The second-order valence-corrected chi connectivity index (χ2v) is 5.38. The molecule has 3 rings (SSSR count). The van der Waals surface area contributed by atoms with Gasteiger partial charge in [0.2, 0.25) is 5.78 Å². The number of para-hydroxylation sites is 1. The van der Waals surface area contributed by atoms with Crippen molar-refractivity contribution in [3.63, 3.8) is 0 Å². The smallest absolute Gasteiger partial charge is 0.338 e. The number of Topliss-reactive ketones (excluding diaryl/α,β-unsaturated/α-hetero) is 1. The molecule has 0 fully saturated rings. The lowest BCUT2D eigenvalue weighted by Gasteiger charge is -2.07. The van der Waals surface area contributed by atoms with E-state index in [1.165, 1.54) is 0 Å². The zero-order chi connectivity index (χ0) is 17.5. The first-order valence-corrected chi connectivity index (χ1v) is 7.83. The number of esters is 1. The highest BCUT2D eigenvalue weighted by molar-refractivity contribution is 5.98. The van der Waals surface area contributed by atoms with Gasteiger partial charge < -0.3 is 14.5 Å². The fourth-order valence-electron chi connectivity index (χ4n) is 2.22. The van der Waals surface area contributed by atoms with Gasteiger partial charge in [-0.15, -0.1) is 0 Å². The van der Waals surface area contributed by atoms with Crippen LogP contribution in [-0.4, -0.2) is 23.3 Å². The number of aromatic nitrogens is 1. The summed E-state index contributed by atoms with van der Waals surface area (Å²) < 4.78 is 10.7. The summed E-state index contributed by atoms with van der Waals surface area (Å²) in [6, 6.07) is 19.8. The first kappa shape index (κ1) is 16.5. The first-order chi connectivity index (χ1) is 12.2. The Balaban J connectivity index is 1.51. The number of carbonyl (C=O) groups is 2. The van der Waals surface area contributed by atoms with Crippen molar-refractivity contribution in [1.29, 1.82) is 0 Å². The van der Waals surface area contributed by atoms with Crippen LogP contribution < -0.4 is 4.74 Å². The number of H-pyrrole nitrogens is 1. The van der Waals surface area contributed by atoms with Gasteiger partial charge in [0.05, 0.1) is 11.3 Å². The molecule has 0 aliphatic heterocycles. The molecule has 5 nitrogen and oxygen atoms in total. The lowest BCUT2D eigenvalue weighted by atomic mass is 10.1. The van der Waals surface area contributed by atoms with Crippen LogP contribution in [0.15, 0.2) is 72.9 Å². The van der Waals surface area contributed by atoms with E-state index < -0.39 is 5.97 Å². The maximum Gasteiger partial charge on any atom is 0.338 e. The van der Waals surface area contributed by atoms with Crippen molar-refractivity contribution in [1.82, 2.24) is 4.98 Å². The molecule has 0 atom stereocenters. The molecule has 1 heterocycles. The molecule has 0 saturated heterocycles. The molecular formula is C20H17NO4. The summed E-state index contributed by atoms with van der Waals surface area (Å²) in [6.07, 6.45) is 1.64. The quantitative estimate of drug-likeness (QED) is 0.529. The summed E-state index contributed by atoms with van der Waals surface area (Å²) in [6.45, 7) is 0.114. The first-order valence-electron chi connectivity index (χ1n) is 7.83. The molecule has 0 aliphatic carbocycles. The van der Waals surface area contributed by atoms with Crippen LogP contribution in [-0.2, 0) is 11.3 Å². The molecule has 1 N–H and O–H groups in total. The minimum Gasteiger partial charge on any atom is -0.489 e. The van der Waals surface area contributed by atoms with Crippen LogP contribution in [0.25, 0.3) is 0 Å². The van der Waals surface area contributed by atoms with Gasteiger partial charge in [-0.1, -0.05) is 30.3 Å². The molecule has 0 amide bonds. The highest BCUT2D eigenvalue weighted by Crippen LogP contribution is 2.13. The fourth-order valence-corrected chi connectivity index (χ4v) is 2.22. The lowest BCUT2D eigenvalue weighted by molar-refractivity contribution is 0.0473. The van der Waals surface area contributed by atoms with E-state index in [1.54, 1.807) is 42.6 Å². The zero-order valence-corrected chi connectivity index (χ0v) is 13.5. The van der Waals surface area contributed by atoms with Crippen molar-refractivity contribution in [2.75, 3.05) is 6.61 Å². The molecule has 0 unspecified atom stereocenters. The lowest BCUT2D eigenvalue weighted by Crippen LogP contribution is -2.14. The number of ether oxygens (including phenoxy) is 2. The molecule has 5 heteroatoms. The predicted molar refractivity (Wildman–Crippen MR) is 92.6 cm³/mol. The Bertz CT molecular complexity index is 824. The highest BCUT2D eigenvalue weighted by Gasteiger charge is 2.12. The average molecular weight is 335 g/mol. The van der Waals surface area contributed by atoms with E-state index in [-0.39, 0.29) is 12.4 Å². The number of nitrogens with one attached hydrogen (secondary N) is 1. The monoisotopic (exact) mass is 335 g/mol. The molecule has 0 radical (unpaired) electrons. The minimum atomic E-state index is -0.532. The summed E-state index contributed by atoms with van der Waals surface area (Å²) in [5.41, 5.74) is 1.74. The molecule has 0 bridgehead atoms. The number of hydrogen-bond donors (Lipinski definition) is 1. The minimum absolute atomic E-state index is 0.272. The Morgan fingerprint density at radius 1 is 0.880 bits per heavy atom. The zero-order valence-electron chi connectivity index (χ0n) is 13.5. The molecule has 1 aromatic heterocycles. The van der Waals surface area contributed by atoms with Gasteiger partial charge in [-0.25, -0.2) is 4.79 Å². The van der Waals surface area contributed by atoms with Crippen molar-refractivity contribution in [2.24, 2.45) is 0 Å². The van der Waals surface area contributed by atoms with Crippen LogP contribution in [0, 0.1) is 0 Å². The summed E-state index contributed by atoms with van der Waals surface area (Å²) >= 11 is 0. The Hall–Kier alpha value is -3.34. The average Bonchev–Trinajstić information content (AvgIpc) is 3.20. The third kappa shape index (κ3) is 4.57. The normalized spacial score (nSPS) is 10.2. The molecule has 126 valence electrons. The summed E-state index contributed by atoms with van der Waals surface area (Å²) in [7, 11) is 0. The van der Waals surface area contributed by atoms with E-state index in [1.807, 2.05) is 30.3 Å². The topological polar surface area (TPSA) is 68.4 Å². The van der Waals surface area contributed by atoms with Gasteiger partial charge in [-0.05, 0) is 42.0 Å². The van der Waals surface area contributed by atoms with Gasteiger partial charge in [0.15, 0.2) is 6.61 Å². The van der Waals surface area contributed by atoms with Crippen LogP contribution >= 0.6 is 0 Å². The summed E-state index contributed by atoms with van der Waals surface area (Å²) in [4.78, 5) is 26.6. The molecule has 3 aromatic rings. The molecule has 0 spiro atoms. The molecule has 0 aliphatic rings. The highest BCUT2D eigenvalue weighted by atomic mass is 16.5. The number of carbonyl (C=O) groups excluding carboxylic acids is 2. The van der Waals surface area contributed by atoms with E-state index in [9.17, 15) is 9.59 Å². The van der Waals surface area contributed by atoms with Crippen molar-refractivity contribution in [3.8, 4) is 5.75 Å². The van der Waals surface area contributed by atoms with Gasteiger partial charge in [0.1, 0.15) is 12.4 Å². The van der Waals surface area contributed by atoms with Crippen molar-refractivity contribution in [3.05, 3.63) is 89.7 Å². The van der Waals surface area contributed by atoms with Gasteiger partial charge in [-0.3, -0.25) is 4.79 Å². The van der Waals surface area contributed by atoms with Crippen molar-refractivity contribution >= 4 is 11.8 Å². The molecule has 0 saturated carbocycles. The van der Waals surface area contributed by atoms with Gasteiger partial charge in [-0.2, -0.15) is 0 Å². The van der Waals surface area contributed by atoms with Crippen LogP contribution in [0.1, 0.15) is 26.4 Å². The number of hydrogen-bond acceptors (Lipinski definition) is 4. The van der Waals surface area contributed by atoms with E-state index in [0.717, 1.165) is 11.3 Å². The van der Waals surface area contributed by atoms with Crippen molar-refractivity contribution in [2.45, 2.75) is 6.61 Å². The van der Waals surface area contributed by atoms with Crippen LogP contribution in [0.2, 0.25) is 0 Å². The van der Waals surface area contributed by atoms with E-state index in [0.29, 0.717) is 17.9 Å². The largest absolute Gasteiger partial charge is 0.489 e. The van der Waals surface area contributed by atoms with Gasteiger partial charge in [0.25, 0.3) is 0 Å². The van der Waals surface area contributed by atoms with Gasteiger partial charge >= 0.3 is 5.97 Å². The molecule has 25 heavy (non-hydrogen) atoms. The fraction of sp³-hybridized carbons (Fsp3) is 0.100. The number of ketones is 1. The number of aromatic amines is 1. The van der Waals surface area contributed by atoms with Crippen LogP contribution in [0.4, 0.5) is 0 Å². The van der Waals surface area contributed by atoms with Gasteiger partial charge in [0, 0.05) is 6.20 Å². The number of benzene rings is 2. The Labute approximate surface area is 145 Å². The summed E-state index contributed by atoms with van der Waals surface area (Å²) in [5, 5.41) is 0. The van der Waals surface area contributed by atoms with Crippen LogP contribution in [0.5, 0.6) is 5.75 Å². The maximum absolute atomic E-state index is 12.0. The van der Waals surface area contributed by atoms with Crippen LogP contribution in [0.3, 0.4) is 0 Å². The van der Waals surface area contributed by atoms with E-state index >= 15 is 0 Å². The third-order valence-corrected chi connectivity index (χ3v) is 3.57. The summed E-state index contributed by atoms with van der Waals surface area (Å²) in [5.74, 6) is -0.0181. The Morgan fingerprint density at radius 2 is 1.64 bits per heavy atom. The SMILES string of the molecule is O=C(OCC(=O)c1ccc[nH]1)c1ccc(COc2ccccc2)cc1. The third-order valence-electron chi connectivity index (χ3n) is 3.57. The van der Waals surface area contributed by atoms with E-state index in [4.69, 9.17) is 9.47 Å². The second kappa shape index (κ2) is 7.97. The van der Waals surface area contributed by atoms with Crippen molar-refractivity contribution < 1.29 is 19.1 Å². The van der Waals surface area contributed by atoms with E-state index in [2.05, 4.69) is 4.98 Å². The molecular weight excluding hydrogens is 318 g/mol. The standard InChI is InChI=1S/C20H17NO4/c22-19(18-7-4-12-21-18)14-25-20(23)16-10-8-15(9-11-16)13-24-17-5-2-1-3-6-17/h1-12,21H,13-14H2. The number of rotatable bonds is 7. The molecule has 2 aromatic carbocycles. The second-order valence-electron chi connectivity index (χ2n) is 5.38.